The summed E-state index contributed by atoms with van der Waals surface area (Å²) in [6, 6.07) is 4.15. The minimum atomic E-state index is -0.786. The number of ether oxygens (including phenoxy) is 1. The molecular weight excluding hydrogens is 260 g/mol. The quantitative estimate of drug-likeness (QED) is 0.788. The fourth-order valence-electron chi connectivity index (χ4n) is 2.69. The van der Waals surface area contributed by atoms with Gasteiger partial charge in [0.2, 0.25) is 0 Å². The van der Waals surface area contributed by atoms with Gasteiger partial charge in [0, 0.05) is 19.7 Å². The van der Waals surface area contributed by atoms with Gasteiger partial charge in [-0.2, -0.15) is 0 Å². The van der Waals surface area contributed by atoms with Gasteiger partial charge in [0.05, 0.1) is 6.10 Å². The van der Waals surface area contributed by atoms with E-state index in [4.69, 9.17) is 4.74 Å². The van der Waals surface area contributed by atoms with Crippen LogP contribution in [0.3, 0.4) is 0 Å². The van der Waals surface area contributed by atoms with Gasteiger partial charge in [0.15, 0.2) is 11.6 Å². The van der Waals surface area contributed by atoms with Crippen molar-refractivity contribution in [2.75, 3.05) is 19.7 Å². The summed E-state index contributed by atoms with van der Waals surface area (Å²) in [7, 11) is 0. The average molecular weight is 283 g/mol. The predicted octanol–water partition coefficient (Wildman–Crippen LogP) is 3.75. The number of benzene rings is 1. The lowest BCUT2D eigenvalue weighted by Gasteiger charge is -2.29. The molecule has 0 N–H and O–H groups in total. The molecule has 1 aliphatic rings. The van der Waals surface area contributed by atoms with E-state index in [2.05, 4.69) is 11.8 Å². The van der Waals surface area contributed by atoms with Crippen LogP contribution < -0.4 is 0 Å². The van der Waals surface area contributed by atoms with E-state index >= 15 is 0 Å². The van der Waals surface area contributed by atoms with Crippen molar-refractivity contribution < 1.29 is 13.5 Å². The summed E-state index contributed by atoms with van der Waals surface area (Å²) in [6.07, 6.45) is 4.78. The molecule has 0 amide bonds. The van der Waals surface area contributed by atoms with Crippen molar-refractivity contribution in [3.8, 4) is 0 Å². The minimum absolute atomic E-state index is 0.278. The lowest BCUT2D eigenvalue weighted by Crippen LogP contribution is -2.36. The van der Waals surface area contributed by atoms with E-state index in [0.717, 1.165) is 44.5 Å². The number of hydrogen-bond acceptors (Lipinski definition) is 2. The first-order chi connectivity index (χ1) is 9.69. The van der Waals surface area contributed by atoms with Gasteiger partial charge in [0.25, 0.3) is 0 Å². The fraction of sp³-hybridized carbons (Fsp3) is 0.625. The number of halogens is 2. The van der Waals surface area contributed by atoms with E-state index in [1.165, 1.54) is 18.6 Å². The van der Waals surface area contributed by atoms with Crippen molar-refractivity contribution in [3.05, 3.63) is 35.4 Å². The molecule has 1 aromatic rings. The Hall–Kier alpha value is -1.00. The van der Waals surface area contributed by atoms with E-state index in [0.29, 0.717) is 6.54 Å². The van der Waals surface area contributed by atoms with Gasteiger partial charge in [-0.3, -0.25) is 4.90 Å². The molecule has 1 fully saturated rings. The second-order valence-electron chi connectivity index (χ2n) is 5.47. The summed E-state index contributed by atoms with van der Waals surface area (Å²) < 4.78 is 32.0. The SMILES string of the molecule is CCCN(Cc1ccc(F)c(F)c1)CC1CCCCO1. The van der Waals surface area contributed by atoms with Crippen molar-refractivity contribution in [2.24, 2.45) is 0 Å². The predicted molar refractivity (Wildman–Crippen MR) is 75.5 cm³/mol. The molecule has 1 unspecified atom stereocenters. The molecule has 2 nitrogen and oxygen atoms in total. The Morgan fingerprint density at radius 2 is 2.10 bits per heavy atom. The molecule has 1 atom stereocenters. The Bertz CT molecular complexity index is 419. The molecule has 20 heavy (non-hydrogen) atoms. The van der Waals surface area contributed by atoms with Gasteiger partial charge < -0.3 is 4.74 Å². The highest BCUT2D eigenvalue weighted by Gasteiger charge is 2.18. The first kappa shape index (κ1) is 15.4. The molecule has 1 heterocycles. The first-order valence-corrected chi connectivity index (χ1v) is 7.47. The van der Waals surface area contributed by atoms with Gasteiger partial charge in [-0.15, -0.1) is 0 Å². The zero-order valence-electron chi connectivity index (χ0n) is 12.1. The van der Waals surface area contributed by atoms with Crippen molar-refractivity contribution >= 4 is 0 Å². The van der Waals surface area contributed by atoms with Crippen LogP contribution in [0.25, 0.3) is 0 Å². The summed E-state index contributed by atoms with van der Waals surface area (Å²) in [5.41, 5.74) is 0.813. The molecule has 0 bridgehead atoms. The largest absolute Gasteiger partial charge is 0.377 e. The zero-order chi connectivity index (χ0) is 14.4. The second kappa shape index (κ2) is 7.70. The summed E-state index contributed by atoms with van der Waals surface area (Å²) >= 11 is 0. The van der Waals surface area contributed by atoms with E-state index in [-0.39, 0.29) is 6.10 Å². The van der Waals surface area contributed by atoms with E-state index in [1.54, 1.807) is 6.07 Å². The Kier molecular flexibility index (Phi) is 5.92. The van der Waals surface area contributed by atoms with Gasteiger partial charge in [0.1, 0.15) is 0 Å². The molecule has 0 aliphatic carbocycles. The molecule has 1 saturated heterocycles. The van der Waals surface area contributed by atoms with Crippen LogP contribution in [0.2, 0.25) is 0 Å². The van der Waals surface area contributed by atoms with Crippen LogP contribution in [0.15, 0.2) is 18.2 Å². The zero-order valence-corrected chi connectivity index (χ0v) is 12.1. The highest BCUT2D eigenvalue weighted by Crippen LogP contribution is 2.16. The van der Waals surface area contributed by atoms with Crippen molar-refractivity contribution in [2.45, 2.75) is 45.3 Å². The van der Waals surface area contributed by atoms with Crippen LogP contribution in [0.1, 0.15) is 38.2 Å². The molecule has 2 rings (SSSR count). The van der Waals surface area contributed by atoms with Crippen molar-refractivity contribution in [1.29, 1.82) is 0 Å². The number of hydrogen-bond donors (Lipinski definition) is 0. The molecular formula is C16H23F2NO. The maximum Gasteiger partial charge on any atom is 0.159 e. The van der Waals surface area contributed by atoms with Gasteiger partial charge in [-0.05, 0) is 49.9 Å². The number of nitrogens with zero attached hydrogens (tertiary/aromatic N) is 1. The van der Waals surface area contributed by atoms with Crippen LogP contribution >= 0.6 is 0 Å². The third kappa shape index (κ3) is 4.53. The maximum atomic E-state index is 13.3. The van der Waals surface area contributed by atoms with Crippen molar-refractivity contribution in [3.63, 3.8) is 0 Å². The molecule has 0 spiro atoms. The molecule has 0 radical (unpaired) electrons. The van der Waals surface area contributed by atoms with Crippen molar-refractivity contribution in [1.82, 2.24) is 4.90 Å². The smallest absolute Gasteiger partial charge is 0.159 e. The molecule has 0 aromatic heterocycles. The van der Waals surface area contributed by atoms with Gasteiger partial charge >= 0.3 is 0 Å². The van der Waals surface area contributed by atoms with Crippen LogP contribution in [0.4, 0.5) is 8.78 Å². The summed E-state index contributed by atoms with van der Waals surface area (Å²) in [6.45, 7) is 5.42. The topological polar surface area (TPSA) is 12.5 Å². The Labute approximate surface area is 119 Å². The molecule has 1 aliphatic heterocycles. The summed E-state index contributed by atoms with van der Waals surface area (Å²) in [5, 5.41) is 0. The van der Waals surface area contributed by atoms with E-state index in [9.17, 15) is 8.78 Å². The standard InChI is InChI=1S/C16H23F2NO/c1-2-8-19(12-14-5-3-4-9-20-14)11-13-6-7-15(17)16(18)10-13/h6-7,10,14H,2-5,8-9,11-12H2,1H3. The average Bonchev–Trinajstić information content (AvgIpc) is 2.44. The summed E-state index contributed by atoms with van der Waals surface area (Å²) in [4.78, 5) is 2.27. The van der Waals surface area contributed by atoms with Crippen LogP contribution in [-0.2, 0) is 11.3 Å². The molecule has 0 saturated carbocycles. The Balaban J connectivity index is 1.94. The maximum absolute atomic E-state index is 13.3. The lowest BCUT2D eigenvalue weighted by molar-refractivity contribution is -0.00714. The lowest BCUT2D eigenvalue weighted by atomic mass is 10.1. The highest BCUT2D eigenvalue weighted by atomic mass is 19.2. The Morgan fingerprint density at radius 3 is 2.75 bits per heavy atom. The fourth-order valence-corrected chi connectivity index (χ4v) is 2.69. The normalized spacial score (nSPS) is 19.5. The summed E-state index contributed by atoms with van der Waals surface area (Å²) in [5.74, 6) is -1.56. The van der Waals surface area contributed by atoms with Gasteiger partial charge in [-0.1, -0.05) is 13.0 Å². The van der Waals surface area contributed by atoms with Crippen LogP contribution in [0.5, 0.6) is 0 Å². The van der Waals surface area contributed by atoms with Crippen LogP contribution in [0, 0.1) is 11.6 Å². The van der Waals surface area contributed by atoms with E-state index < -0.39 is 11.6 Å². The molecule has 1 aromatic carbocycles. The first-order valence-electron chi connectivity index (χ1n) is 7.47. The monoisotopic (exact) mass is 283 g/mol. The Morgan fingerprint density at radius 1 is 1.25 bits per heavy atom. The van der Waals surface area contributed by atoms with E-state index in [1.807, 2.05) is 0 Å². The van der Waals surface area contributed by atoms with Crippen LogP contribution in [-0.4, -0.2) is 30.7 Å². The highest BCUT2D eigenvalue weighted by molar-refractivity contribution is 5.17. The third-order valence-electron chi connectivity index (χ3n) is 3.67. The molecule has 4 heteroatoms. The molecule has 112 valence electrons. The second-order valence-corrected chi connectivity index (χ2v) is 5.47. The third-order valence-corrected chi connectivity index (χ3v) is 3.67. The minimum Gasteiger partial charge on any atom is -0.377 e. The van der Waals surface area contributed by atoms with Gasteiger partial charge in [-0.25, -0.2) is 8.78 Å². The number of rotatable bonds is 6.